The Hall–Kier alpha value is -2.67. The number of carbonyl (C=O) groups is 2. The van der Waals surface area contributed by atoms with Crippen LogP contribution >= 0.6 is 0 Å². The number of aromatic amines is 1. The fourth-order valence-electron chi connectivity index (χ4n) is 4.06. The van der Waals surface area contributed by atoms with Crippen molar-refractivity contribution in [2.45, 2.75) is 58.9 Å². The fraction of sp³-hybridized carbons (Fsp3) is 0.560. The summed E-state index contributed by atoms with van der Waals surface area (Å²) in [5.41, 5.74) is 2.77. The number of anilines is 1. The molecule has 0 aliphatic carbocycles. The van der Waals surface area contributed by atoms with Gasteiger partial charge in [-0.2, -0.15) is 0 Å². The number of rotatable bonds is 10. The van der Waals surface area contributed by atoms with E-state index in [0.717, 1.165) is 30.3 Å². The van der Waals surface area contributed by atoms with Crippen LogP contribution in [0, 0.1) is 11.8 Å². The number of likely N-dealkylation sites (tertiary alicyclic amines) is 1. The molecule has 2 heterocycles. The molecular formula is C25H37N5O2. The Labute approximate surface area is 191 Å². The lowest BCUT2D eigenvalue weighted by Gasteiger charge is -2.30. The van der Waals surface area contributed by atoms with Crippen LogP contribution in [-0.2, 0) is 22.4 Å². The van der Waals surface area contributed by atoms with Gasteiger partial charge in [-0.15, -0.1) is 0 Å². The summed E-state index contributed by atoms with van der Waals surface area (Å²) in [5.74, 6) is 0.717. The summed E-state index contributed by atoms with van der Waals surface area (Å²) < 4.78 is 0. The minimum absolute atomic E-state index is 0.121. The fourth-order valence-corrected chi connectivity index (χ4v) is 4.06. The largest absolute Gasteiger partial charge is 0.348 e. The number of nitrogens with one attached hydrogen (secondary N) is 3. The summed E-state index contributed by atoms with van der Waals surface area (Å²) in [4.78, 5) is 34.9. The van der Waals surface area contributed by atoms with Crippen molar-refractivity contribution in [1.82, 2.24) is 20.2 Å². The Balaban J connectivity index is 1.59. The van der Waals surface area contributed by atoms with Crippen molar-refractivity contribution in [3.05, 3.63) is 48.0 Å². The maximum Gasteiger partial charge on any atom is 0.247 e. The molecule has 2 amide bonds. The smallest absolute Gasteiger partial charge is 0.247 e. The second-order valence-electron chi connectivity index (χ2n) is 9.46. The van der Waals surface area contributed by atoms with Gasteiger partial charge in [0.15, 0.2) is 0 Å². The minimum Gasteiger partial charge on any atom is -0.348 e. The molecule has 0 saturated carbocycles. The van der Waals surface area contributed by atoms with Gasteiger partial charge in [-0.3, -0.25) is 9.59 Å². The number of nitrogens with zero attached hydrogens (tertiary/aromatic N) is 2. The van der Waals surface area contributed by atoms with Crippen LogP contribution in [0.4, 0.5) is 5.69 Å². The van der Waals surface area contributed by atoms with Gasteiger partial charge in [0, 0.05) is 37.0 Å². The van der Waals surface area contributed by atoms with E-state index in [0.29, 0.717) is 12.8 Å². The molecule has 174 valence electrons. The van der Waals surface area contributed by atoms with Crippen molar-refractivity contribution in [3.8, 4) is 0 Å². The Bertz CT molecular complexity index is 857. The molecule has 0 bridgehead atoms. The van der Waals surface area contributed by atoms with Gasteiger partial charge in [0.2, 0.25) is 11.8 Å². The highest BCUT2D eigenvalue weighted by molar-refractivity contribution is 5.97. The van der Waals surface area contributed by atoms with Gasteiger partial charge in [0.1, 0.15) is 6.04 Å². The molecule has 1 aromatic carbocycles. The van der Waals surface area contributed by atoms with Crippen molar-refractivity contribution < 1.29 is 9.59 Å². The van der Waals surface area contributed by atoms with Crippen molar-refractivity contribution in [2.24, 2.45) is 11.8 Å². The Morgan fingerprint density at radius 1 is 1.25 bits per heavy atom. The van der Waals surface area contributed by atoms with Crippen LogP contribution in [0.5, 0.6) is 0 Å². The third-order valence-corrected chi connectivity index (χ3v) is 6.01. The van der Waals surface area contributed by atoms with Crippen molar-refractivity contribution in [3.63, 3.8) is 0 Å². The van der Waals surface area contributed by atoms with Crippen LogP contribution in [-0.4, -0.2) is 52.4 Å². The van der Waals surface area contributed by atoms with Crippen LogP contribution in [0.1, 0.15) is 51.3 Å². The lowest BCUT2D eigenvalue weighted by Crippen LogP contribution is -2.45. The normalized spacial score (nSPS) is 16.1. The molecule has 1 fully saturated rings. The van der Waals surface area contributed by atoms with Crippen LogP contribution in [0.15, 0.2) is 36.8 Å². The predicted octanol–water partition coefficient (Wildman–Crippen LogP) is 3.40. The molecule has 7 nitrogen and oxygen atoms in total. The van der Waals surface area contributed by atoms with E-state index in [1.165, 1.54) is 31.5 Å². The maximum absolute atomic E-state index is 13.0. The molecule has 3 N–H and O–H groups in total. The zero-order valence-corrected chi connectivity index (χ0v) is 19.6. The average molecular weight is 440 g/mol. The predicted molar refractivity (Wildman–Crippen MR) is 127 cm³/mol. The summed E-state index contributed by atoms with van der Waals surface area (Å²) in [6.07, 6.45) is 7.51. The highest BCUT2D eigenvalue weighted by atomic mass is 16.2. The van der Waals surface area contributed by atoms with Gasteiger partial charge < -0.3 is 20.5 Å². The van der Waals surface area contributed by atoms with Gasteiger partial charge in [-0.25, -0.2) is 4.98 Å². The summed E-state index contributed by atoms with van der Waals surface area (Å²) >= 11 is 0. The molecule has 0 spiro atoms. The molecule has 2 aromatic rings. The van der Waals surface area contributed by atoms with Gasteiger partial charge in [-0.1, -0.05) is 32.9 Å². The number of benzene rings is 1. The lowest BCUT2D eigenvalue weighted by atomic mass is 9.99. The van der Waals surface area contributed by atoms with Crippen molar-refractivity contribution in [1.29, 1.82) is 0 Å². The van der Waals surface area contributed by atoms with E-state index in [9.17, 15) is 9.59 Å². The second kappa shape index (κ2) is 11.8. The third kappa shape index (κ3) is 7.79. The number of hydrogen-bond donors (Lipinski definition) is 3. The number of H-pyrrole nitrogens is 1. The van der Waals surface area contributed by atoms with E-state index >= 15 is 0 Å². The molecule has 1 saturated heterocycles. The van der Waals surface area contributed by atoms with E-state index in [-0.39, 0.29) is 17.7 Å². The molecule has 1 aromatic heterocycles. The Morgan fingerprint density at radius 2 is 2.03 bits per heavy atom. The van der Waals surface area contributed by atoms with E-state index in [1.807, 2.05) is 32.0 Å². The highest BCUT2D eigenvalue weighted by Gasteiger charge is 2.22. The molecule has 3 rings (SSSR count). The monoisotopic (exact) mass is 439 g/mol. The number of aromatic nitrogens is 2. The summed E-state index contributed by atoms with van der Waals surface area (Å²) in [6.45, 7) is 9.68. The molecule has 1 unspecified atom stereocenters. The number of hydrogen-bond acceptors (Lipinski definition) is 4. The molecular weight excluding hydrogens is 402 g/mol. The molecule has 1 aliphatic rings. The standard InChI is InChI=1S/C25H37N5O2/c1-18(2)13-24(31)29-23(15-22-16-26-17-27-22)25(32)28-21-6-4-5-20(14-21)9-12-30-10-7-19(3)8-11-30/h4-6,14,16-19,23H,7-13,15H2,1-3H3,(H,26,27)(H,28,32)(H,29,31). The average Bonchev–Trinajstić information content (AvgIpc) is 3.26. The van der Waals surface area contributed by atoms with Gasteiger partial charge >= 0.3 is 0 Å². The summed E-state index contributed by atoms with van der Waals surface area (Å²) in [5, 5.41) is 5.88. The number of imidazole rings is 1. The quantitative estimate of drug-likeness (QED) is 0.529. The van der Waals surface area contributed by atoms with Crippen LogP contribution < -0.4 is 10.6 Å². The SMILES string of the molecule is CC(C)CC(=O)NC(Cc1cnc[nH]1)C(=O)Nc1cccc(CCN2CCC(C)CC2)c1. The molecule has 7 heteroatoms. The van der Waals surface area contributed by atoms with E-state index < -0.39 is 6.04 Å². The lowest BCUT2D eigenvalue weighted by molar-refractivity contribution is -0.127. The zero-order chi connectivity index (χ0) is 22.9. The van der Waals surface area contributed by atoms with Crippen LogP contribution in [0.2, 0.25) is 0 Å². The first-order valence-corrected chi connectivity index (χ1v) is 11.8. The third-order valence-electron chi connectivity index (χ3n) is 6.01. The Kier molecular flexibility index (Phi) is 8.85. The van der Waals surface area contributed by atoms with E-state index in [2.05, 4.69) is 38.5 Å². The number of carbonyl (C=O) groups excluding carboxylic acids is 2. The molecule has 1 atom stereocenters. The van der Waals surface area contributed by atoms with Gasteiger partial charge in [-0.05, 0) is 61.9 Å². The highest BCUT2D eigenvalue weighted by Crippen LogP contribution is 2.17. The van der Waals surface area contributed by atoms with E-state index in [1.54, 1.807) is 12.5 Å². The summed E-state index contributed by atoms with van der Waals surface area (Å²) in [6, 6.07) is 7.35. The summed E-state index contributed by atoms with van der Waals surface area (Å²) in [7, 11) is 0. The Morgan fingerprint density at radius 3 is 2.72 bits per heavy atom. The van der Waals surface area contributed by atoms with Gasteiger partial charge in [0.05, 0.1) is 6.33 Å². The molecule has 1 aliphatic heterocycles. The van der Waals surface area contributed by atoms with E-state index in [4.69, 9.17) is 0 Å². The van der Waals surface area contributed by atoms with Crippen LogP contribution in [0.3, 0.4) is 0 Å². The maximum atomic E-state index is 13.0. The number of amides is 2. The second-order valence-corrected chi connectivity index (χ2v) is 9.46. The van der Waals surface area contributed by atoms with Crippen molar-refractivity contribution >= 4 is 17.5 Å². The first-order valence-electron chi connectivity index (χ1n) is 11.8. The van der Waals surface area contributed by atoms with Crippen LogP contribution in [0.25, 0.3) is 0 Å². The number of piperidine rings is 1. The van der Waals surface area contributed by atoms with Crippen molar-refractivity contribution in [2.75, 3.05) is 25.0 Å². The first-order chi connectivity index (χ1) is 15.4. The molecule has 32 heavy (non-hydrogen) atoms. The zero-order valence-electron chi connectivity index (χ0n) is 19.6. The van der Waals surface area contributed by atoms with Gasteiger partial charge in [0.25, 0.3) is 0 Å². The molecule has 0 radical (unpaired) electrons. The minimum atomic E-state index is -0.666. The first kappa shape index (κ1) is 24.0. The topological polar surface area (TPSA) is 90.1 Å².